The Bertz CT molecular complexity index is 687. The maximum atomic E-state index is 11.5. The van der Waals surface area contributed by atoms with E-state index in [-0.39, 0.29) is 11.9 Å². The normalized spacial score (nSPS) is 20.9. The maximum absolute atomic E-state index is 11.5. The van der Waals surface area contributed by atoms with E-state index in [2.05, 4.69) is 17.2 Å². The number of pyridine rings is 1. The Morgan fingerprint density at radius 1 is 1.36 bits per heavy atom. The summed E-state index contributed by atoms with van der Waals surface area (Å²) in [6, 6.07) is 7.81. The Hall–Kier alpha value is -2.30. The smallest absolute Gasteiger partial charge is 0.221 e. The van der Waals surface area contributed by atoms with E-state index >= 15 is 0 Å². The summed E-state index contributed by atoms with van der Waals surface area (Å²) in [6.45, 7) is 2.53. The molecule has 1 amide bonds. The van der Waals surface area contributed by atoms with Crippen LogP contribution in [0.4, 0.5) is 0 Å². The number of ether oxygens (including phenoxy) is 2. The van der Waals surface area contributed by atoms with Crippen LogP contribution in [0.1, 0.15) is 19.8 Å². The summed E-state index contributed by atoms with van der Waals surface area (Å²) in [7, 11) is 1.64. The van der Waals surface area contributed by atoms with Crippen LogP contribution in [0, 0.1) is 5.92 Å². The summed E-state index contributed by atoms with van der Waals surface area (Å²) in [5.41, 5.74) is 0. The fraction of sp³-hybridized carbons (Fsp3) is 0.412. The van der Waals surface area contributed by atoms with E-state index < -0.39 is 0 Å². The SMILES string of the molecule is CC[C@@H]1CC(=O)N[C@@H]1COc1nccc2ccc(OC)cc12. The van der Waals surface area contributed by atoms with Crippen molar-refractivity contribution in [3.63, 3.8) is 0 Å². The predicted octanol–water partition coefficient (Wildman–Crippen LogP) is 2.54. The number of amides is 1. The Labute approximate surface area is 129 Å². The van der Waals surface area contributed by atoms with Crippen molar-refractivity contribution >= 4 is 16.7 Å². The van der Waals surface area contributed by atoms with Gasteiger partial charge < -0.3 is 14.8 Å². The molecule has 0 spiro atoms. The summed E-state index contributed by atoms with van der Waals surface area (Å²) in [6.07, 6.45) is 3.28. The molecule has 1 fully saturated rings. The number of hydrogen-bond acceptors (Lipinski definition) is 4. The number of nitrogens with one attached hydrogen (secondary N) is 1. The van der Waals surface area contributed by atoms with E-state index in [4.69, 9.17) is 9.47 Å². The van der Waals surface area contributed by atoms with Gasteiger partial charge in [-0.1, -0.05) is 19.4 Å². The van der Waals surface area contributed by atoms with Crippen molar-refractivity contribution in [2.75, 3.05) is 13.7 Å². The first-order valence-electron chi connectivity index (χ1n) is 7.56. The number of methoxy groups -OCH3 is 1. The molecule has 5 nitrogen and oxygen atoms in total. The van der Waals surface area contributed by atoms with Crippen molar-refractivity contribution in [3.8, 4) is 11.6 Å². The minimum absolute atomic E-state index is 0.0557. The van der Waals surface area contributed by atoms with Gasteiger partial charge in [0.1, 0.15) is 12.4 Å². The maximum Gasteiger partial charge on any atom is 0.221 e. The first kappa shape index (κ1) is 14.6. The van der Waals surface area contributed by atoms with Crippen LogP contribution in [0.15, 0.2) is 30.5 Å². The second-order valence-corrected chi connectivity index (χ2v) is 5.56. The van der Waals surface area contributed by atoms with Gasteiger partial charge in [-0.05, 0) is 29.5 Å². The lowest BCUT2D eigenvalue weighted by Crippen LogP contribution is -2.34. The van der Waals surface area contributed by atoms with Gasteiger partial charge in [-0.15, -0.1) is 0 Å². The monoisotopic (exact) mass is 300 g/mol. The topological polar surface area (TPSA) is 60.5 Å². The van der Waals surface area contributed by atoms with Crippen molar-refractivity contribution in [1.82, 2.24) is 10.3 Å². The number of carbonyl (C=O) groups is 1. The van der Waals surface area contributed by atoms with Crippen LogP contribution < -0.4 is 14.8 Å². The predicted molar refractivity (Wildman–Crippen MR) is 84.1 cm³/mol. The highest BCUT2D eigenvalue weighted by Gasteiger charge is 2.31. The minimum atomic E-state index is 0.0557. The van der Waals surface area contributed by atoms with Crippen LogP contribution in [-0.4, -0.2) is 30.6 Å². The largest absolute Gasteiger partial charge is 0.497 e. The molecule has 0 aliphatic carbocycles. The highest BCUT2D eigenvalue weighted by atomic mass is 16.5. The number of nitrogens with zero attached hydrogens (tertiary/aromatic N) is 1. The van der Waals surface area contributed by atoms with E-state index in [0.717, 1.165) is 22.9 Å². The van der Waals surface area contributed by atoms with E-state index in [0.29, 0.717) is 24.8 Å². The molecule has 1 N–H and O–H groups in total. The zero-order chi connectivity index (χ0) is 15.5. The zero-order valence-electron chi connectivity index (χ0n) is 12.8. The Kier molecular flexibility index (Phi) is 4.13. The second kappa shape index (κ2) is 6.22. The quantitative estimate of drug-likeness (QED) is 0.922. The Morgan fingerprint density at radius 3 is 3.00 bits per heavy atom. The van der Waals surface area contributed by atoms with Crippen molar-refractivity contribution in [3.05, 3.63) is 30.5 Å². The summed E-state index contributed by atoms with van der Waals surface area (Å²) in [5.74, 6) is 1.78. The highest BCUT2D eigenvalue weighted by Crippen LogP contribution is 2.28. The average molecular weight is 300 g/mol. The van der Waals surface area contributed by atoms with Gasteiger partial charge in [0.15, 0.2) is 0 Å². The van der Waals surface area contributed by atoms with Gasteiger partial charge in [-0.25, -0.2) is 4.98 Å². The van der Waals surface area contributed by atoms with Gasteiger partial charge in [0.25, 0.3) is 0 Å². The highest BCUT2D eigenvalue weighted by molar-refractivity contribution is 5.88. The number of hydrogen-bond donors (Lipinski definition) is 1. The molecule has 2 heterocycles. The number of carbonyl (C=O) groups excluding carboxylic acids is 1. The molecule has 1 aliphatic heterocycles. The van der Waals surface area contributed by atoms with Crippen molar-refractivity contribution in [2.45, 2.75) is 25.8 Å². The molecule has 2 atom stereocenters. The molecule has 1 aliphatic rings. The molecule has 0 bridgehead atoms. The molecular formula is C17H20N2O3. The van der Waals surface area contributed by atoms with Crippen molar-refractivity contribution in [1.29, 1.82) is 0 Å². The zero-order valence-corrected chi connectivity index (χ0v) is 12.8. The van der Waals surface area contributed by atoms with Crippen molar-refractivity contribution < 1.29 is 14.3 Å². The lowest BCUT2D eigenvalue weighted by atomic mass is 9.98. The molecule has 2 aromatic rings. The van der Waals surface area contributed by atoms with Gasteiger partial charge in [0.05, 0.1) is 13.2 Å². The Morgan fingerprint density at radius 2 is 2.23 bits per heavy atom. The standard InChI is InChI=1S/C17H20N2O3/c1-3-11-8-16(20)19-15(11)10-22-17-14-9-13(21-2)5-4-12(14)6-7-18-17/h4-7,9,11,15H,3,8,10H2,1-2H3,(H,19,20)/t11-,15-/m1/s1. The van der Waals surface area contributed by atoms with E-state index in [1.165, 1.54) is 0 Å². The van der Waals surface area contributed by atoms with Crippen LogP contribution in [0.25, 0.3) is 10.8 Å². The first-order chi connectivity index (χ1) is 10.7. The third-order valence-electron chi connectivity index (χ3n) is 4.22. The first-order valence-corrected chi connectivity index (χ1v) is 7.56. The lowest BCUT2D eigenvalue weighted by molar-refractivity contribution is -0.119. The van der Waals surface area contributed by atoms with Crippen LogP contribution in [-0.2, 0) is 4.79 Å². The third-order valence-corrected chi connectivity index (χ3v) is 4.22. The molecule has 116 valence electrons. The number of benzene rings is 1. The van der Waals surface area contributed by atoms with Crippen LogP contribution in [0.3, 0.4) is 0 Å². The molecule has 22 heavy (non-hydrogen) atoms. The van der Waals surface area contributed by atoms with Crippen LogP contribution in [0.5, 0.6) is 11.6 Å². The van der Waals surface area contributed by atoms with E-state index in [1.807, 2.05) is 24.3 Å². The van der Waals surface area contributed by atoms with Gasteiger partial charge in [-0.3, -0.25) is 4.79 Å². The van der Waals surface area contributed by atoms with Crippen LogP contribution >= 0.6 is 0 Å². The summed E-state index contributed by atoms with van der Waals surface area (Å²) >= 11 is 0. The molecule has 3 rings (SSSR count). The van der Waals surface area contributed by atoms with E-state index in [9.17, 15) is 4.79 Å². The molecule has 1 saturated heterocycles. The molecular weight excluding hydrogens is 280 g/mol. The summed E-state index contributed by atoms with van der Waals surface area (Å²) in [5, 5.41) is 4.94. The average Bonchev–Trinajstić information content (AvgIpc) is 2.92. The molecule has 0 radical (unpaired) electrons. The summed E-state index contributed by atoms with van der Waals surface area (Å²) in [4.78, 5) is 15.9. The fourth-order valence-corrected chi connectivity index (χ4v) is 2.90. The van der Waals surface area contributed by atoms with Crippen molar-refractivity contribution in [2.24, 2.45) is 5.92 Å². The molecule has 5 heteroatoms. The van der Waals surface area contributed by atoms with E-state index in [1.54, 1.807) is 13.3 Å². The second-order valence-electron chi connectivity index (χ2n) is 5.56. The van der Waals surface area contributed by atoms with Gasteiger partial charge in [0, 0.05) is 18.0 Å². The van der Waals surface area contributed by atoms with Gasteiger partial charge in [0.2, 0.25) is 11.8 Å². The molecule has 1 aromatic carbocycles. The number of rotatable bonds is 5. The Balaban J connectivity index is 1.80. The van der Waals surface area contributed by atoms with Gasteiger partial charge >= 0.3 is 0 Å². The molecule has 1 aromatic heterocycles. The van der Waals surface area contributed by atoms with Crippen LogP contribution in [0.2, 0.25) is 0 Å². The number of fused-ring (bicyclic) bond motifs is 1. The summed E-state index contributed by atoms with van der Waals surface area (Å²) < 4.78 is 11.2. The fourth-order valence-electron chi connectivity index (χ4n) is 2.90. The minimum Gasteiger partial charge on any atom is -0.497 e. The molecule has 0 unspecified atom stereocenters. The lowest BCUT2D eigenvalue weighted by Gasteiger charge is -2.18. The number of aromatic nitrogens is 1. The molecule has 0 saturated carbocycles. The third kappa shape index (κ3) is 2.84. The van der Waals surface area contributed by atoms with Gasteiger partial charge in [-0.2, -0.15) is 0 Å².